The van der Waals surface area contributed by atoms with E-state index in [4.69, 9.17) is 4.42 Å². The Morgan fingerprint density at radius 3 is 2.63 bits per heavy atom. The molecule has 0 saturated heterocycles. The maximum atomic E-state index is 5.64. The molecule has 1 aromatic heterocycles. The summed E-state index contributed by atoms with van der Waals surface area (Å²) in [6, 6.07) is 6.56. The molecule has 0 spiro atoms. The Balaban J connectivity index is 2.29. The fraction of sp³-hybridized carbons (Fsp3) is 0.529. The zero-order valence-corrected chi connectivity index (χ0v) is 12.7. The second kappa shape index (κ2) is 5.38. The van der Waals surface area contributed by atoms with Crippen molar-refractivity contribution >= 4 is 11.0 Å². The van der Waals surface area contributed by atoms with E-state index >= 15 is 0 Å². The van der Waals surface area contributed by atoms with E-state index in [0.717, 1.165) is 12.1 Å². The molecule has 1 heterocycles. The third kappa shape index (κ3) is 3.38. The van der Waals surface area contributed by atoms with Gasteiger partial charge in [0.25, 0.3) is 0 Å². The van der Waals surface area contributed by atoms with Gasteiger partial charge < -0.3 is 9.73 Å². The first-order valence-electron chi connectivity index (χ1n) is 7.16. The van der Waals surface area contributed by atoms with Crippen LogP contribution in [0.4, 0.5) is 0 Å². The number of hydrogen-bond acceptors (Lipinski definition) is 2. The van der Waals surface area contributed by atoms with Crippen LogP contribution in [0, 0.1) is 0 Å². The van der Waals surface area contributed by atoms with E-state index in [9.17, 15) is 0 Å². The van der Waals surface area contributed by atoms with Crippen molar-refractivity contribution in [2.75, 3.05) is 0 Å². The van der Waals surface area contributed by atoms with Gasteiger partial charge in [-0.05, 0) is 50.8 Å². The SMILES string of the molecule is CCC(C)c1ccc2occ(CNC(C)(C)C)c2c1. The Morgan fingerprint density at radius 1 is 1.26 bits per heavy atom. The average molecular weight is 259 g/mol. The lowest BCUT2D eigenvalue weighted by Crippen LogP contribution is -2.34. The first-order valence-corrected chi connectivity index (χ1v) is 7.16. The van der Waals surface area contributed by atoms with E-state index in [-0.39, 0.29) is 5.54 Å². The van der Waals surface area contributed by atoms with Gasteiger partial charge in [0.15, 0.2) is 0 Å². The molecule has 0 fully saturated rings. The molecule has 0 saturated carbocycles. The van der Waals surface area contributed by atoms with Gasteiger partial charge >= 0.3 is 0 Å². The fourth-order valence-electron chi connectivity index (χ4n) is 2.14. The Labute approximate surface area is 116 Å². The molecule has 1 N–H and O–H groups in total. The van der Waals surface area contributed by atoms with E-state index in [1.54, 1.807) is 0 Å². The minimum absolute atomic E-state index is 0.123. The van der Waals surface area contributed by atoms with Gasteiger partial charge in [0, 0.05) is 23.0 Å². The Hall–Kier alpha value is -1.28. The first kappa shape index (κ1) is 14.1. The highest BCUT2D eigenvalue weighted by molar-refractivity contribution is 5.81. The van der Waals surface area contributed by atoms with Gasteiger partial charge in [-0.25, -0.2) is 0 Å². The van der Waals surface area contributed by atoms with E-state index < -0.39 is 0 Å². The molecule has 0 aliphatic carbocycles. The summed E-state index contributed by atoms with van der Waals surface area (Å²) in [6.45, 7) is 11.9. The average Bonchev–Trinajstić information content (AvgIpc) is 2.76. The smallest absolute Gasteiger partial charge is 0.134 e. The lowest BCUT2D eigenvalue weighted by Gasteiger charge is -2.20. The van der Waals surface area contributed by atoms with E-state index in [1.807, 2.05) is 6.26 Å². The van der Waals surface area contributed by atoms with Crippen molar-refractivity contribution in [3.8, 4) is 0 Å². The summed E-state index contributed by atoms with van der Waals surface area (Å²) in [4.78, 5) is 0. The summed E-state index contributed by atoms with van der Waals surface area (Å²) < 4.78 is 5.64. The summed E-state index contributed by atoms with van der Waals surface area (Å²) in [5, 5.41) is 4.76. The highest BCUT2D eigenvalue weighted by atomic mass is 16.3. The maximum absolute atomic E-state index is 5.64. The lowest BCUT2D eigenvalue weighted by molar-refractivity contribution is 0.423. The van der Waals surface area contributed by atoms with Crippen LogP contribution >= 0.6 is 0 Å². The first-order chi connectivity index (χ1) is 8.90. The van der Waals surface area contributed by atoms with Crippen LogP contribution in [-0.4, -0.2) is 5.54 Å². The fourth-order valence-corrected chi connectivity index (χ4v) is 2.14. The van der Waals surface area contributed by atoms with Crippen molar-refractivity contribution in [3.63, 3.8) is 0 Å². The maximum Gasteiger partial charge on any atom is 0.134 e. The van der Waals surface area contributed by atoms with Crippen molar-refractivity contribution in [2.45, 2.75) is 59.0 Å². The predicted molar refractivity (Wildman–Crippen MR) is 81.5 cm³/mol. The highest BCUT2D eigenvalue weighted by Crippen LogP contribution is 2.27. The van der Waals surface area contributed by atoms with Gasteiger partial charge in [0.05, 0.1) is 6.26 Å². The summed E-state index contributed by atoms with van der Waals surface area (Å²) in [5.74, 6) is 0.600. The minimum Gasteiger partial charge on any atom is -0.464 e. The van der Waals surface area contributed by atoms with Crippen LogP contribution in [0.15, 0.2) is 28.9 Å². The van der Waals surface area contributed by atoms with Crippen molar-refractivity contribution in [1.29, 1.82) is 0 Å². The Kier molecular flexibility index (Phi) is 4.00. The number of rotatable bonds is 4. The van der Waals surface area contributed by atoms with E-state index in [0.29, 0.717) is 5.92 Å². The van der Waals surface area contributed by atoms with Crippen molar-refractivity contribution in [2.24, 2.45) is 0 Å². The van der Waals surface area contributed by atoms with Crippen molar-refractivity contribution < 1.29 is 4.42 Å². The molecule has 1 atom stereocenters. The lowest BCUT2D eigenvalue weighted by atomic mass is 9.96. The third-order valence-corrected chi connectivity index (χ3v) is 3.67. The molecule has 0 aliphatic heterocycles. The number of hydrogen-bond donors (Lipinski definition) is 1. The van der Waals surface area contributed by atoms with Crippen LogP contribution < -0.4 is 5.32 Å². The summed E-state index contributed by atoms with van der Waals surface area (Å²) in [5.41, 5.74) is 3.75. The van der Waals surface area contributed by atoms with Crippen LogP contribution in [-0.2, 0) is 6.54 Å². The highest BCUT2D eigenvalue weighted by Gasteiger charge is 2.13. The van der Waals surface area contributed by atoms with Gasteiger partial charge in [0.2, 0.25) is 0 Å². The molecule has 19 heavy (non-hydrogen) atoms. The van der Waals surface area contributed by atoms with Crippen LogP contribution in [0.2, 0.25) is 0 Å². The Bertz CT molecular complexity index is 548. The quantitative estimate of drug-likeness (QED) is 0.850. The molecule has 104 valence electrons. The molecule has 0 amide bonds. The van der Waals surface area contributed by atoms with E-state index in [2.05, 4.69) is 58.1 Å². The zero-order valence-electron chi connectivity index (χ0n) is 12.7. The number of furan rings is 1. The van der Waals surface area contributed by atoms with Crippen molar-refractivity contribution in [1.82, 2.24) is 5.32 Å². The van der Waals surface area contributed by atoms with Crippen LogP contribution in [0.3, 0.4) is 0 Å². The molecule has 0 radical (unpaired) electrons. The van der Waals surface area contributed by atoms with Crippen LogP contribution in [0.1, 0.15) is 58.1 Å². The third-order valence-electron chi connectivity index (χ3n) is 3.67. The van der Waals surface area contributed by atoms with E-state index in [1.165, 1.54) is 22.9 Å². The summed E-state index contributed by atoms with van der Waals surface area (Å²) in [7, 11) is 0. The van der Waals surface area contributed by atoms with Gasteiger partial charge in [-0.2, -0.15) is 0 Å². The summed E-state index contributed by atoms with van der Waals surface area (Å²) in [6.07, 6.45) is 3.04. The second-order valence-corrected chi connectivity index (χ2v) is 6.43. The van der Waals surface area contributed by atoms with Crippen LogP contribution in [0.25, 0.3) is 11.0 Å². The Morgan fingerprint density at radius 2 is 2.00 bits per heavy atom. The molecular formula is C17H25NO. The van der Waals surface area contributed by atoms with Gasteiger partial charge in [-0.3, -0.25) is 0 Å². The molecular weight excluding hydrogens is 234 g/mol. The minimum atomic E-state index is 0.123. The number of fused-ring (bicyclic) bond motifs is 1. The molecule has 1 unspecified atom stereocenters. The number of benzene rings is 1. The van der Waals surface area contributed by atoms with Gasteiger partial charge in [-0.15, -0.1) is 0 Å². The normalized spacial score (nSPS) is 13.9. The predicted octanol–water partition coefficient (Wildman–Crippen LogP) is 4.83. The topological polar surface area (TPSA) is 25.2 Å². The molecule has 2 nitrogen and oxygen atoms in total. The monoisotopic (exact) mass is 259 g/mol. The van der Waals surface area contributed by atoms with Gasteiger partial charge in [-0.1, -0.05) is 19.9 Å². The molecule has 2 heteroatoms. The molecule has 0 bridgehead atoms. The molecule has 0 aliphatic rings. The molecule has 2 rings (SSSR count). The van der Waals surface area contributed by atoms with Gasteiger partial charge in [0.1, 0.15) is 5.58 Å². The van der Waals surface area contributed by atoms with Crippen molar-refractivity contribution in [3.05, 3.63) is 35.6 Å². The standard InChI is InChI=1S/C17H25NO/c1-6-12(2)13-7-8-16-15(9-13)14(11-19-16)10-18-17(3,4)5/h7-9,11-12,18H,6,10H2,1-5H3. The second-order valence-electron chi connectivity index (χ2n) is 6.43. The van der Waals surface area contributed by atoms with Crippen LogP contribution in [0.5, 0.6) is 0 Å². The summed E-state index contributed by atoms with van der Waals surface area (Å²) >= 11 is 0. The largest absolute Gasteiger partial charge is 0.464 e. The molecule has 1 aromatic carbocycles. The zero-order chi connectivity index (χ0) is 14.0. The number of nitrogens with one attached hydrogen (secondary N) is 1. The molecule has 2 aromatic rings.